The van der Waals surface area contributed by atoms with Crippen LogP contribution in [0.1, 0.15) is 48.7 Å². The summed E-state index contributed by atoms with van der Waals surface area (Å²) in [5, 5.41) is 0. The first-order chi connectivity index (χ1) is 18.6. The molecule has 0 fully saturated rings. The largest absolute Gasteiger partial charge is 0.382 e. The van der Waals surface area contributed by atoms with E-state index in [1.54, 1.807) is 14.2 Å². The van der Waals surface area contributed by atoms with Crippen molar-refractivity contribution in [1.82, 2.24) is 0 Å². The van der Waals surface area contributed by atoms with Gasteiger partial charge in [0.25, 0.3) is 0 Å². The molecule has 0 aliphatic heterocycles. The molecule has 0 N–H and O–H groups in total. The Morgan fingerprint density at radius 1 is 0.658 bits per heavy atom. The number of hydrogen-bond donors (Lipinski definition) is 0. The Hall–Kier alpha value is -1.67. The van der Waals surface area contributed by atoms with Gasteiger partial charge in [0.05, 0.1) is 60.7 Å². The summed E-state index contributed by atoms with van der Waals surface area (Å²) in [6.45, 7) is 7.74. The van der Waals surface area contributed by atoms with Gasteiger partial charge in [0.1, 0.15) is 7.85 Å². The minimum atomic E-state index is -0.294. The zero-order chi connectivity index (χ0) is 27.2. The third kappa shape index (κ3) is 8.17. The van der Waals surface area contributed by atoms with Crippen LogP contribution in [0, 0.1) is 0 Å². The monoisotopic (exact) mass is 520 g/mol. The highest BCUT2D eigenvalue weighted by Gasteiger charge is 2.43. The lowest BCUT2D eigenvalue weighted by atomic mass is 9.70. The fourth-order valence-electron chi connectivity index (χ4n) is 5.08. The number of fused-ring (bicyclic) bond motifs is 3. The van der Waals surface area contributed by atoms with E-state index in [2.05, 4.69) is 37.3 Å². The molecule has 2 aromatic rings. The maximum absolute atomic E-state index is 6.47. The number of ether oxygens (including phenoxy) is 6. The Morgan fingerprint density at radius 2 is 1.13 bits per heavy atom. The molecule has 4 radical (unpaired) electrons. The van der Waals surface area contributed by atoms with Crippen LogP contribution < -0.4 is 5.46 Å². The summed E-state index contributed by atoms with van der Waals surface area (Å²) in [6.07, 6.45) is 2.48. The minimum Gasteiger partial charge on any atom is -0.382 e. The summed E-state index contributed by atoms with van der Waals surface area (Å²) < 4.78 is 33.3. The van der Waals surface area contributed by atoms with Crippen molar-refractivity contribution in [3.8, 4) is 11.1 Å². The van der Waals surface area contributed by atoms with Gasteiger partial charge in [-0.2, -0.15) is 0 Å². The highest BCUT2D eigenvalue weighted by Crippen LogP contribution is 2.53. The second-order valence-corrected chi connectivity index (χ2v) is 9.64. The van der Waals surface area contributed by atoms with E-state index in [4.69, 9.17) is 44.1 Å². The van der Waals surface area contributed by atoms with Gasteiger partial charge in [0.15, 0.2) is 0 Å². The van der Waals surface area contributed by atoms with Crippen LogP contribution in [0.3, 0.4) is 0 Å². The smallest absolute Gasteiger partial charge is 0.113 e. The minimum absolute atomic E-state index is 0.00669. The molecule has 1 unspecified atom stereocenters. The maximum Gasteiger partial charge on any atom is 0.113 e. The summed E-state index contributed by atoms with van der Waals surface area (Å²) in [5.41, 5.74) is 6.57. The van der Waals surface area contributed by atoms with Gasteiger partial charge in [0.2, 0.25) is 0 Å². The molecular weight excluding hydrogens is 478 g/mol. The molecule has 3 rings (SSSR count). The van der Waals surface area contributed by atoms with E-state index in [9.17, 15) is 0 Å². The van der Waals surface area contributed by atoms with Crippen LogP contribution in [0.4, 0.5) is 0 Å². The topological polar surface area (TPSA) is 55.4 Å². The first-order valence-corrected chi connectivity index (χ1v) is 13.7. The highest BCUT2D eigenvalue weighted by molar-refractivity contribution is 6.32. The molecule has 1 atom stereocenters. The lowest BCUT2D eigenvalue weighted by molar-refractivity contribution is 0.0145. The molecule has 0 heterocycles. The Balaban J connectivity index is 1.79. The summed E-state index contributed by atoms with van der Waals surface area (Å²) in [7, 11) is 16.1. The second kappa shape index (κ2) is 16.4. The standard InChI is InChI=1S/C30H42B2O6/c1-4-29(32)23-5-7-25-26-8-6-24(31)22-28(26)30(27(25)21-23,9-11-35-17-19-37-15-13-33-2)10-12-36-18-20-38-16-14-34-3/h5-8,21-22,29H,4,9-20H2,1-3H3. The van der Waals surface area contributed by atoms with Crippen LogP contribution >= 0.6 is 0 Å². The van der Waals surface area contributed by atoms with Crippen molar-refractivity contribution in [2.75, 3.05) is 80.3 Å². The fraction of sp³-hybridized carbons (Fsp3) is 0.600. The van der Waals surface area contributed by atoms with Crippen molar-refractivity contribution >= 4 is 21.2 Å². The average Bonchev–Trinajstić information content (AvgIpc) is 3.19. The van der Waals surface area contributed by atoms with Gasteiger partial charge in [0, 0.05) is 32.8 Å². The molecule has 8 heteroatoms. The third-order valence-corrected chi connectivity index (χ3v) is 7.23. The van der Waals surface area contributed by atoms with Crippen LogP contribution in [-0.4, -0.2) is 96.0 Å². The molecule has 1 aliphatic rings. The summed E-state index contributed by atoms with van der Waals surface area (Å²) >= 11 is 0. The molecule has 38 heavy (non-hydrogen) atoms. The molecular formula is C30H42B2O6. The van der Waals surface area contributed by atoms with Crippen molar-refractivity contribution in [3.05, 3.63) is 53.1 Å². The van der Waals surface area contributed by atoms with Crippen molar-refractivity contribution in [2.24, 2.45) is 0 Å². The molecule has 0 saturated carbocycles. The normalized spacial score (nSPS) is 14.4. The molecule has 6 nitrogen and oxygen atoms in total. The molecule has 1 aliphatic carbocycles. The summed E-state index contributed by atoms with van der Waals surface area (Å²) in [6, 6.07) is 12.9. The average molecular weight is 520 g/mol. The van der Waals surface area contributed by atoms with Crippen molar-refractivity contribution < 1.29 is 28.4 Å². The van der Waals surface area contributed by atoms with Crippen LogP contribution in [0.25, 0.3) is 11.1 Å². The number of rotatable bonds is 20. The van der Waals surface area contributed by atoms with Crippen LogP contribution in [-0.2, 0) is 33.8 Å². The summed E-state index contributed by atoms with van der Waals surface area (Å²) in [4.78, 5) is 0. The van der Waals surface area contributed by atoms with Gasteiger partial charge in [-0.3, -0.25) is 0 Å². The van der Waals surface area contributed by atoms with Gasteiger partial charge in [-0.15, -0.1) is 0 Å². The van der Waals surface area contributed by atoms with Crippen LogP contribution in [0.2, 0.25) is 0 Å². The van der Waals surface area contributed by atoms with E-state index in [1.165, 1.54) is 22.3 Å². The van der Waals surface area contributed by atoms with E-state index in [0.717, 1.165) is 30.3 Å². The van der Waals surface area contributed by atoms with E-state index in [-0.39, 0.29) is 11.2 Å². The fourth-order valence-corrected chi connectivity index (χ4v) is 5.08. The Morgan fingerprint density at radius 3 is 1.66 bits per heavy atom. The van der Waals surface area contributed by atoms with E-state index >= 15 is 0 Å². The van der Waals surface area contributed by atoms with E-state index < -0.39 is 0 Å². The lowest BCUT2D eigenvalue weighted by Gasteiger charge is -2.33. The molecule has 0 bridgehead atoms. The van der Waals surface area contributed by atoms with Crippen LogP contribution in [0.15, 0.2) is 36.4 Å². The number of hydrogen-bond acceptors (Lipinski definition) is 6. The van der Waals surface area contributed by atoms with Crippen molar-refractivity contribution in [2.45, 2.75) is 37.4 Å². The Kier molecular flexibility index (Phi) is 13.4. The quantitative estimate of drug-likeness (QED) is 0.197. The Labute approximate surface area is 231 Å². The lowest BCUT2D eigenvalue weighted by Crippen LogP contribution is -2.30. The first kappa shape index (κ1) is 30.9. The zero-order valence-electron chi connectivity index (χ0n) is 23.3. The third-order valence-electron chi connectivity index (χ3n) is 7.23. The highest BCUT2D eigenvalue weighted by atomic mass is 16.5. The molecule has 0 amide bonds. The van der Waals surface area contributed by atoms with E-state index in [0.29, 0.717) is 66.1 Å². The van der Waals surface area contributed by atoms with Crippen molar-refractivity contribution in [3.63, 3.8) is 0 Å². The van der Waals surface area contributed by atoms with Gasteiger partial charge < -0.3 is 28.4 Å². The van der Waals surface area contributed by atoms with Gasteiger partial charge in [-0.25, -0.2) is 0 Å². The van der Waals surface area contributed by atoms with Gasteiger partial charge in [-0.1, -0.05) is 66.6 Å². The molecule has 2 aromatic carbocycles. The second-order valence-electron chi connectivity index (χ2n) is 9.64. The SMILES string of the molecule is [B]c1ccc2c(c1)C(CCOCCOCCOC)(CCOCCOCCOC)c1cc(C([B])CC)ccc1-2. The molecule has 204 valence electrons. The predicted octanol–water partition coefficient (Wildman–Crippen LogP) is 3.51. The molecule has 0 aromatic heterocycles. The van der Waals surface area contributed by atoms with Crippen LogP contribution in [0.5, 0.6) is 0 Å². The summed E-state index contributed by atoms with van der Waals surface area (Å²) in [5.74, 6) is -0.00669. The zero-order valence-corrected chi connectivity index (χ0v) is 23.3. The van der Waals surface area contributed by atoms with Gasteiger partial charge in [-0.05, 0) is 35.1 Å². The van der Waals surface area contributed by atoms with Gasteiger partial charge >= 0.3 is 0 Å². The van der Waals surface area contributed by atoms with E-state index in [1.807, 2.05) is 6.07 Å². The predicted molar refractivity (Wildman–Crippen MR) is 153 cm³/mol. The number of methoxy groups -OCH3 is 2. The molecule has 0 saturated heterocycles. The molecule has 0 spiro atoms. The number of benzene rings is 2. The van der Waals surface area contributed by atoms with Crippen molar-refractivity contribution in [1.29, 1.82) is 0 Å². The Bertz CT molecular complexity index is 950. The maximum atomic E-state index is 6.47. The first-order valence-electron chi connectivity index (χ1n) is 13.7.